The zero-order valence-electron chi connectivity index (χ0n) is 10.9. The highest BCUT2D eigenvalue weighted by molar-refractivity contribution is 6.34. The first-order valence-corrected chi connectivity index (χ1v) is 6.45. The van der Waals surface area contributed by atoms with E-state index in [1.807, 2.05) is 39.8 Å². The summed E-state index contributed by atoms with van der Waals surface area (Å²) in [4.78, 5) is 12.0. The molecule has 0 bridgehead atoms. The molecule has 1 aromatic rings. The Kier molecular flexibility index (Phi) is 5.01. The second kappa shape index (κ2) is 6.06. The van der Waals surface area contributed by atoms with Crippen LogP contribution in [0.15, 0.2) is 12.1 Å². The van der Waals surface area contributed by atoms with Crippen molar-refractivity contribution in [1.82, 2.24) is 0 Å². The summed E-state index contributed by atoms with van der Waals surface area (Å²) in [6.07, 6.45) is 1.70. The Morgan fingerprint density at radius 1 is 1.29 bits per heavy atom. The molecule has 0 unspecified atom stereocenters. The third-order valence-corrected chi connectivity index (χ3v) is 3.33. The van der Waals surface area contributed by atoms with Crippen molar-refractivity contribution in [2.45, 2.75) is 40.5 Å². The molecule has 0 heterocycles. The van der Waals surface area contributed by atoms with Gasteiger partial charge in [-0.25, -0.2) is 0 Å². The minimum Gasteiger partial charge on any atom is -0.324 e. The van der Waals surface area contributed by atoms with Crippen LogP contribution < -0.4 is 5.32 Å². The van der Waals surface area contributed by atoms with Gasteiger partial charge in [0.25, 0.3) is 0 Å². The van der Waals surface area contributed by atoms with Crippen molar-refractivity contribution in [3.8, 4) is 0 Å². The molecule has 0 saturated heterocycles. The number of aryl methyl sites for hydroxylation is 2. The minimum absolute atomic E-state index is 0.0591. The van der Waals surface area contributed by atoms with Crippen LogP contribution in [0, 0.1) is 19.8 Å². The summed E-state index contributed by atoms with van der Waals surface area (Å²) < 4.78 is 0. The first kappa shape index (κ1) is 14.0. The van der Waals surface area contributed by atoms with Crippen molar-refractivity contribution >= 4 is 23.2 Å². The number of carbonyl (C=O) groups excluding carboxylic acids is 1. The van der Waals surface area contributed by atoms with E-state index in [1.165, 1.54) is 0 Å². The first-order valence-electron chi connectivity index (χ1n) is 6.07. The zero-order chi connectivity index (χ0) is 13.0. The molecule has 0 spiro atoms. The van der Waals surface area contributed by atoms with E-state index in [0.717, 1.165) is 29.7 Å². The maximum absolute atomic E-state index is 12.0. The van der Waals surface area contributed by atoms with Gasteiger partial charge in [-0.05, 0) is 43.9 Å². The summed E-state index contributed by atoms with van der Waals surface area (Å²) in [5, 5.41) is 3.55. The molecule has 1 amide bonds. The molecule has 0 aromatic heterocycles. The van der Waals surface area contributed by atoms with Gasteiger partial charge in [0.15, 0.2) is 0 Å². The van der Waals surface area contributed by atoms with E-state index in [9.17, 15) is 4.79 Å². The molecule has 0 aliphatic carbocycles. The van der Waals surface area contributed by atoms with Crippen LogP contribution in [-0.4, -0.2) is 5.91 Å². The average molecular weight is 254 g/mol. The number of halogens is 1. The molecule has 0 atom stereocenters. The molecular formula is C14H20ClNO. The summed E-state index contributed by atoms with van der Waals surface area (Å²) in [5.74, 6) is 0.121. The van der Waals surface area contributed by atoms with Crippen molar-refractivity contribution in [3.05, 3.63) is 28.3 Å². The van der Waals surface area contributed by atoms with Gasteiger partial charge in [-0.2, -0.15) is 0 Å². The molecule has 17 heavy (non-hydrogen) atoms. The fraction of sp³-hybridized carbons (Fsp3) is 0.500. The molecule has 0 aliphatic rings. The number of nitrogens with one attached hydrogen (secondary N) is 1. The lowest BCUT2D eigenvalue weighted by Crippen LogP contribution is -2.22. The fourth-order valence-electron chi connectivity index (χ4n) is 1.96. The van der Waals surface area contributed by atoms with E-state index in [2.05, 4.69) is 5.32 Å². The minimum atomic E-state index is 0.0591. The van der Waals surface area contributed by atoms with E-state index in [4.69, 9.17) is 11.6 Å². The highest BCUT2D eigenvalue weighted by atomic mass is 35.5. The van der Waals surface area contributed by atoms with Crippen LogP contribution in [0.5, 0.6) is 0 Å². The lowest BCUT2D eigenvalue weighted by atomic mass is 10.0. The molecule has 1 rings (SSSR count). The Morgan fingerprint density at radius 3 is 2.35 bits per heavy atom. The Morgan fingerprint density at radius 2 is 1.88 bits per heavy atom. The van der Waals surface area contributed by atoms with Gasteiger partial charge >= 0.3 is 0 Å². The smallest absolute Gasteiger partial charge is 0.227 e. The second-order valence-electron chi connectivity index (χ2n) is 4.44. The van der Waals surface area contributed by atoms with Crippen molar-refractivity contribution in [3.63, 3.8) is 0 Å². The third kappa shape index (κ3) is 3.47. The SMILES string of the molecule is CCC(CC)C(=O)Nc1c(C)cc(C)cc1Cl. The molecule has 0 saturated carbocycles. The van der Waals surface area contributed by atoms with Gasteiger partial charge in [0.05, 0.1) is 10.7 Å². The van der Waals surface area contributed by atoms with Gasteiger partial charge < -0.3 is 5.32 Å². The standard InChI is InChI=1S/C14H20ClNO/c1-5-11(6-2)14(17)16-13-10(4)7-9(3)8-12(13)15/h7-8,11H,5-6H2,1-4H3,(H,16,17). The predicted molar refractivity (Wildman–Crippen MR) is 73.6 cm³/mol. The number of anilines is 1. The van der Waals surface area contributed by atoms with Crippen LogP contribution in [0.25, 0.3) is 0 Å². The molecular weight excluding hydrogens is 234 g/mol. The highest BCUT2D eigenvalue weighted by Gasteiger charge is 2.16. The van der Waals surface area contributed by atoms with Gasteiger partial charge in [-0.3, -0.25) is 4.79 Å². The van der Waals surface area contributed by atoms with Crippen molar-refractivity contribution in [2.75, 3.05) is 5.32 Å². The first-order chi connectivity index (χ1) is 7.99. The Bertz CT molecular complexity index is 388. The summed E-state index contributed by atoms with van der Waals surface area (Å²) in [5.41, 5.74) is 2.86. The molecule has 1 N–H and O–H groups in total. The molecule has 2 nitrogen and oxygen atoms in total. The largest absolute Gasteiger partial charge is 0.324 e. The normalized spacial score (nSPS) is 10.7. The van der Waals surface area contributed by atoms with Crippen molar-refractivity contribution in [1.29, 1.82) is 0 Å². The monoisotopic (exact) mass is 253 g/mol. The van der Waals surface area contributed by atoms with Gasteiger partial charge in [0, 0.05) is 5.92 Å². The topological polar surface area (TPSA) is 29.1 Å². The summed E-state index contributed by atoms with van der Waals surface area (Å²) in [6, 6.07) is 3.89. The lowest BCUT2D eigenvalue weighted by Gasteiger charge is -2.16. The van der Waals surface area contributed by atoms with Crippen LogP contribution in [0.1, 0.15) is 37.8 Å². The number of carbonyl (C=O) groups is 1. The van der Waals surface area contributed by atoms with Crippen LogP contribution in [0.3, 0.4) is 0 Å². The van der Waals surface area contributed by atoms with Crippen molar-refractivity contribution < 1.29 is 4.79 Å². The molecule has 0 radical (unpaired) electrons. The van der Waals surface area contributed by atoms with Crippen LogP contribution >= 0.6 is 11.6 Å². The van der Waals surface area contributed by atoms with Gasteiger partial charge in [0.2, 0.25) is 5.91 Å². The van der Waals surface area contributed by atoms with E-state index in [1.54, 1.807) is 0 Å². The highest BCUT2D eigenvalue weighted by Crippen LogP contribution is 2.28. The van der Waals surface area contributed by atoms with E-state index < -0.39 is 0 Å². The molecule has 1 aromatic carbocycles. The number of amides is 1. The Balaban J connectivity index is 2.92. The van der Waals surface area contributed by atoms with Gasteiger partial charge in [-0.1, -0.05) is 31.5 Å². The van der Waals surface area contributed by atoms with E-state index in [-0.39, 0.29) is 11.8 Å². The second-order valence-corrected chi connectivity index (χ2v) is 4.85. The molecule has 3 heteroatoms. The molecule has 94 valence electrons. The van der Waals surface area contributed by atoms with Crippen molar-refractivity contribution in [2.24, 2.45) is 5.92 Å². The number of hydrogen-bond acceptors (Lipinski definition) is 1. The van der Waals surface area contributed by atoms with Crippen LogP contribution in [-0.2, 0) is 4.79 Å². The Labute approximate surface area is 108 Å². The lowest BCUT2D eigenvalue weighted by molar-refractivity contribution is -0.120. The quantitative estimate of drug-likeness (QED) is 0.850. The summed E-state index contributed by atoms with van der Waals surface area (Å²) in [6.45, 7) is 8.00. The average Bonchev–Trinajstić information content (AvgIpc) is 2.25. The zero-order valence-corrected chi connectivity index (χ0v) is 11.7. The maximum Gasteiger partial charge on any atom is 0.227 e. The molecule has 0 aliphatic heterocycles. The van der Waals surface area contributed by atoms with Crippen LogP contribution in [0.2, 0.25) is 5.02 Å². The van der Waals surface area contributed by atoms with Crippen LogP contribution in [0.4, 0.5) is 5.69 Å². The number of hydrogen-bond donors (Lipinski definition) is 1. The molecule has 0 fully saturated rings. The van der Waals surface area contributed by atoms with Gasteiger partial charge in [-0.15, -0.1) is 0 Å². The number of benzene rings is 1. The van der Waals surface area contributed by atoms with Gasteiger partial charge in [0.1, 0.15) is 0 Å². The maximum atomic E-state index is 12.0. The third-order valence-electron chi connectivity index (χ3n) is 3.04. The fourth-order valence-corrected chi connectivity index (χ4v) is 2.33. The Hall–Kier alpha value is -1.02. The number of rotatable bonds is 4. The summed E-state index contributed by atoms with van der Waals surface area (Å²) in [7, 11) is 0. The van der Waals surface area contributed by atoms with E-state index >= 15 is 0 Å². The summed E-state index contributed by atoms with van der Waals surface area (Å²) >= 11 is 6.16. The van der Waals surface area contributed by atoms with E-state index in [0.29, 0.717) is 5.02 Å². The predicted octanol–water partition coefficient (Wildman–Crippen LogP) is 4.33.